The monoisotopic (exact) mass is 397 g/mol. The summed E-state index contributed by atoms with van der Waals surface area (Å²) >= 11 is 3.48. The molecule has 0 aliphatic rings. The van der Waals surface area contributed by atoms with E-state index in [9.17, 15) is 0 Å². The third-order valence-corrected chi connectivity index (χ3v) is 4.25. The Morgan fingerprint density at radius 2 is 1.56 bits per heavy atom. The maximum Gasteiger partial charge on any atom is 0.229 e. The van der Waals surface area contributed by atoms with Gasteiger partial charge in [-0.3, -0.25) is 0 Å². The molecule has 1 aromatic heterocycles. The van der Waals surface area contributed by atoms with Gasteiger partial charge in [0.2, 0.25) is 5.95 Å². The van der Waals surface area contributed by atoms with E-state index in [-0.39, 0.29) is 5.54 Å². The fourth-order valence-electron chi connectivity index (χ4n) is 2.29. The fraction of sp³-hybridized carbons (Fsp3) is 0.158. The molecule has 1 heterocycles. The molecule has 0 saturated carbocycles. The molecule has 3 aromatic rings. The van der Waals surface area contributed by atoms with Crippen molar-refractivity contribution in [1.82, 2.24) is 9.97 Å². The van der Waals surface area contributed by atoms with Crippen LogP contribution in [-0.2, 0) is 5.54 Å². The van der Waals surface area contributed by atoms with Crippen molar-refractivity contribution in [3.05, 3.63) is 70.8 Å². The lowest BCUT2D eigenvalue weighted by atomic mass is 9.96. The molecule has 0 bridgehead atoms. The minimum absolute atomic E-state index is 0.362. The predicted octanol–water partition coefficient (Wildman–Crippen LogP) is 4.92. The van der Waals surface area contributed by atoms with Gasteiger partial charge in [0.05, 0.1) is 4.47 Å². The minimum atomic E-state index is -0.362. The summed E-state index contributed by atoms with van der Waals surface area (Å²) in [5, 5.41) is 6.48. The van der Waals surface area contributed by atoms with Gasteiger partial charge in [-0.1, -0.05) is 30.3 Å². The maximum atomic E-state index is 6.11. The Morgan fingerprint density at radius 1 is 0.920 bits per heavy atom. The third kappa shape index (κ3) is 4.55. The highest BCUT2D eigenvalue weighted by molar-refractivity contribution is 9.10. The molecule has 0 amide bonds. The number of anilines is 4. The number of para-hydroxylation sites is 1. The topological polar surface area (TPSA) is 75.9 Å². The Bertz CT molecular complexity index is 842. The highest BCUT2D eigenvalue weighted by Crippen LogP contribution is 2.26. The molecule has 3 rings (SSSR count). The molecule has 0 aliphatic heterocycles. The van der Waals surface area contributed by atoms with Gasteiger partial charge in [0.15, 0.2) is 0 Å². The maximum absolute atomic E-state index is 6.11. The summed E-state index contributed by atoms with van der Waals surface area (Å²) in [4.78, 5) is 8.84. The normalized spacial score (nSPS) is 11.2. The Morgan fingerprint density at radius 3 is 2.20 bits per heavy atom. The summed E-state index contributed by atoms with van der Waals surface area (Å²) < 4.78 is 0.794. The summed E-state index contributed by atoms with van der Waals surface area (Å²) in [6, 6.07) is 17.8. The van der Waals surface area contributed by atoms with Crippen molar-refractivity contribution in [2.75, 3.05) is 10.6 Å². The van der Waals surface area contributed by atoms with E-state index in [0.29, 0.717) is 11.8 Å². The molecular weight excluding hydrogens is 378 g/mol. The first-order chi connectivity index (χ1) is 11.9. The van der Waals surface area contributed by atoms with E-state index in [4.69, 9.17) is 5.73 Å². The number of benzene rings is 2. The van der Waals surface area contributed by atoms with Gasteiger partial charge in [0, 0.05) is 23.1 Å². The van der Waals surface area contributed by atoms with Crippen LogP contribution in [0.5, 0.6) is 0 Å². The fourth-order valence-corrected chi connectivity index (χ4v) is 2.58. The highest BCUT2D eigenvalue weighted by Gasteiger charge is 2.13. The second-order valence-electron chi connectivity index (χ2n) is 6.31. The summed E-state index contributed by atoms with van der Waals surface area (Å²) in [7, 11) is 0. The number of rotatable bonds is 5. The Kier molecular flexibility index (Phi) is 5.01. The second-order valence-corrected chi connectivity index (χ2v) is 7.16. The van der Waals surface area contributed by atoms with Gasteiger partial charge >= 0.3 is 0 Å². The quantitative estimate of drug-likeness (QED) is 0.569. The zero-order valence-electron chi connectivity index (χ0n) is 14.1. The van der Waals surface area contributed by atoms with Gasteiger partial charge in [0.25, 0.3) is 0 Å². The van der Waals surface area contributed by atoms with Crippen LogP contribution in [0, 0.1) is 0 Å². The Hall–Kier alpha value is -2.44. The van der Waals surface area contributed by atoms with Crippen molar-refractivity contribution in [3.63, 3.8) is 0 Å². The van der Waals surface area contributed by atoms with E-state index < -0.39 is 0 Å². The smallest absolute Gasteiger partial charge is 0.229 e. The molecular formula is C19H20BrN5. The van der Waals surface area contributed by atoms with Gasteiger partial charge < -0.3 is 16.4 Å². The van der Waals surface area contributed by atoms with Crippen LogP contribution in [-0.4, -0.2) is 9.97 Å². The van der Waals surface area contributed by atoms with E-state index in [1.54, 1.807) is 6.20 Å². The molecule has 2 aromatic carbocycles. The molecule has 0 spiro atoms. The van der Waals surface area contributed by atoms with E-state index in [1.807, 2.05) is 68.4 Å². The molecule has 25 heavy (non-hydrogen) atoms. The zero-order valence-corrected chi connectivity index (χ0v) is 15.7. The first kappa shape index (κ1) is 17.4. The van der Waals surface area contributed by atoms with Gasteiger partial charge in [-0.25, -0.2) is 4.98 Å². The molecule has 128 valence electrons. The number of nitrogens with one attached hydrogen (secondary N) is 2. The van der Waals surface area contributed by atoms with Crippen LogP contribution < -0.4 is 16.4 Å². The molecule has 4 N–H and O–H groups in total. The summed E-state index contributed by atoms with van der Waals surface area (Å²) in [6.45, 7) is 3.96. The van der Waals surface area contributed by atoms with Crippen LogP contribution >= 0.6 is 15.9 Å². The number of nitrogens with zero attached hydrogens (tertiary/aromatic N) is 2. The number of halogens is 1. The van der Waals surface area contributed by atoms with Crippen molar-refractivity contribution >= 4 is 39.1 Å². The first-order valence-corrected chi connectivity index (χ1v) is 8.72. The first-order valence-electron chi connectivity index (χ1n) is 7.93. The molecule has 0 unspecified atom stereocenters. The molecule has 0 radical (unpaired) electrons. The third-order valence-electron chi connectivity index (χ3n) is 3.67. The molecule has 6 heteroatoms. The van der Waals surface area contributed by atoms with Crippen LogP contribution in [0.25, 0.3) is 0 Å². The zero-order chi connectivity index (χ0) is 17.9. The lowest BCUT2D eigenvalue weighted by molar-refractivity contribution is 0.554. The molecule has 0 aliphatic carbocycles. The lowest BCUT2D eigenvalue weighted by Gasteiger charge is -2.19. The number of aromatic nitrogens is 2. The van der Waals surface area contributed by atoms with Crippen LogP contribution in [0.1, 0.15) is 19.4 Å². The Labute approximate surface area is 155 Å². The largest absolute Gasteiger partial charge is 0.339 e. The summed E-state index contributed by atoms with van der Waals surface area (Å²) in [5.41, 5.74) is 8.68. The van der Waals surface area contributed by atoms with E-state index in [1.165, 1.54) is 0 Å². The van der Waals surface area contributed by atoms with Gasteiger partial charge in [-0.05, 0) is 59.6 Å². The van der Waals surface area contributed by atoms with Crippen molar-refractivity contribution in [3.8, 4) is 0 Å². The number of nitrogens with two attached hydrogens (primary N) is 1. The number of hydrogen-bond donors (Lipinski definition) is 3. The van der Waals surface area contributed by atoms with E-state index in [0.717, 1.165) is 21.4 Å². The second kappa shape index (κ2) is 7.21. The summed E-state index contributed by atoms with van der Waals surface area (Å²) in [6.07, 6.45) is 1.72. The Balaban J connectivity index is 1.78. The van der Waals surface area contributed by atoms with E-state index in [2.05, 4.69) is 36.5 Å². The van der Waals surface area contributed by atoms with E-state index >= 15 is 0 Å². The predicted molar refractivity (Wildman–Crippen MR) is 106 cm³/mol. The number of hydrogen-bond acceptors (Lipinski definition) is 5. The van der Waals surface area contributed by atoms with Crippen LogP contribution in [0.2, 0.25) is 0 Å². The molecule has 5 nitrogen and oxygen atoms in total. The average Bonchev–Trinajstić information content (AvgIpc) is 2.58. The van der Waals surface area contributed by atoms with Crippen LogP contribution in [0.3, 0.4) is 0 Å². The highest BCUT2D eigenvalue weighted by atomic mass is 79.9. The SMILES string of the molecule is CC(C)(N)c1ccc(Nc2ncc(Br)c(Nc3ccccc3)n2)cc1. The van der Waals surface area contributed by atoms with Crippen molar-refractivity contribution < 1.29 is 0 Å². The molecule has 0 atom stereocenters. The average molecular weight is 398 g/mol. The van der Waals surface area contributed by atoms with Crippen LogP contribution in [0.4, 0.5) is 23.1 Å². The van der Waals surface area contributed by atoms with Crippen LogP contribution in [0.15, 0.2) is 65.3 Å². The molecule has 0 saturated heterocycles. The molecule has 0 fully saturated rings. The van der Waals surface area contributed by atoms with Crippen molar-refractivity contribution in [1.29, 1.82) is 0 Å². The van der Waals surface area contributed by atoms with Crippen molar-refractivity contribution in [2.24, 2.45) is 5.73 Å². The van der Waals surface area contributed by atoms with Gasteiger partial charge in [-0.2, -0.15) is 4.98 Å². The minimum Gasteiger partial charge on any atom is -0.339 e. The standard InChI is InChI=1S/C19H20BrN5/c1-19(2,21)13-8-10-15(11-9-13)24-18-22-12-16(20)17(25-18)23-14-6-4-3-5-7-14/h3-12H,21H2,1-2H3,(H2,22,23,24,25). The lowest BCUT2D eigenvalue weighted by Crippen LogP contribution is -2.28. The summed E-state index contributed by atoms with van der Waals surface area (Å²) in [5.74, 6) is 1.21. The van der Waals surface area contributed by atoms with Crippen molar-refractivity contribution in [2.45, 2.75) is 19.4 Å². The van der Waals surface area contributed by atoms with Gasteiger partial charge in [0.1, 0.15) is 5.82 Å². The van der Waals surface area contributed by atoms with Gasteiger partial charge in [-0.15, -0.1) is 0 Å².